The highest BCUT2D eigenvalue weighted by Gasteiger charge is 2.39. The highest BCUT2D eigenvalue weighted by molar-refractivity contribution is 5.68. The van der Waals surface area contributed by atoms with Crippen molar-refractivity contribution in [2.24, 2.45) is 5.92 Å². The smallest absolute Gasteiger partial charge is 0.160 e. The number of nitrogens with one attached hydrogen (secondary N) is 1. The third-order valence-corrected chi connectivity index (χ3v) is 5.61. The maximum atomic E-state index is 9.97. The number of ether oxygens (including phenoxy) is 3. The number of anilines is 1. The van der Waals surface area contributed by atoms with Crippen molar-refractivity contribution in [1.82, 2.24) is 0 Å². The van der Waals surface area contributed by atoms with E-state index in [1.807, 2.05) is 25.1 Å². The van der Waals surface area contributed by atoms with E-state index in [1.165, 1.54) is 5.56 Å². The molecule has 1 aliphatic carbocycles. The molecule has 0 radical (unpaired) electrons. The summed E-state index contributed by atoms with van der Waals surface area (Å²) in [5.74, 6) is 2.26. The summed E-state index contributed by atoms with van der Waals surface area (Å²) in [4.78, 5) is 0. The number of phenolic OH excluding ortho intramolecular Hbond substituents is 1. The number of methoxy groups -OCH3 is 1. The molecule has 5 nitrogen and oxygen atoms in total. The Morgan fingerprint density at radius 3 is 2.86 bits per heavy atom. The molecule has 2 aliphatic rings. The standard InChI is InChI=1S/C23H27NO4/c1-3-27-12-13-28-20-9-5-8-18-16-6-4-7-17(16)22(24-23(18)20)15-10-11-19(25)21(14-15)26-2/h4-6,8-11,14,16-17,22,24-25H,3,7,12-13H2,1-2H3. The first-order valence-corrected chi connectivity index (χ1v) is 9.86. The van der Waals surface area contributed by atoms with E-state index in [2.05, 4.69) is 29.6 Å². The van der Waals surface area contributed by atoms with Gasteiger partial charge in [0.1, 0.15) is 12.4 Å². The molecule has 0 saturated heterocycles. The van der Waals surface area contributed by atoms with Gasteiger partial charge in [-0.1, -0.05) is 30.4 Å². The summed E-state index contributed by atoms with van der Waals surface area (Å²) < 4.78 is 16.8. The van der Waals surface area contributed by atoms with Crippen molar-refractivity contribution in [3.63, 3.8) is 0 Å². The van der Waals surface area contributed by atoms with Gasteiger partial charge in [-0.2, -0.15) is 0 Å². The fraction of sp³-hybridized carbons (Fsp3) is 0.391. The van der Waals surface area contributed by atoms with Crippen LogP contribution in [0, 0.1) is 5.92 Å². The van der Waals surface area contributed by atoms with Gasteiger partial charge in [0.05, 0.1) is 25.4 Å². The Labute approximate surface area is 165 Å². The first kappa shape index (κ1) is 18.7. The zero-order valence-corrected chi connectivity index (χ0v) is 16.4. The maximum Gasteiger partial charge on any atom is 0.160 e. The van der Waals surface area contributed by atoms with Crippen LogP contribution < -0.4 is 14.8 Å². The molecule has 0 spiro atoms. The fourth-order valence-electron chi connectivity index (χ4n) is 4.29. The van der Waals surface area contributed by atoms with Crippen molar-refractivity contribution >= 4 is 5.69 Å². The van der Waals surface area contributed by atoms with Crippen LogP contribution in [0.1, 0.15) is 36.4 Å². The van der Waals surface area contributed by atoms with Crippen LogP contribution in [0.15, 0.2) is 48.6 Å². The number of aromatic hydroxyl groups is 1. The summed E-state index contributed by atoms with van der Waals surface area (Å²) in [5, 5.41) is 13.7. The first-order valence-electron chi connectivity index (χ1n) is 9.86. The molecule has 0 fully saturated rings. The number of benzene rings is 2. The van der Waals surface area contributed by atoms with E-state index in [0.29, 0.717) is 37.4 Å². The number of hydrogen-bond acceptors (Lipinski definition) is 5. The Bertz CT molecular complexity index is 864. The number of allylic oxidation sites excluding steroid dienone is 2. The third kappa shape index (κ3) is 3.42. The molecule has 2 aromatic carbocycles. The van der Waals surface area contributed by atoms with Gasteiger partial charge in [-0.05, 0) is 48.6 Å². The minimum atomic E-state index is 0.110. The van der Waals surface area contributed by atoms with Crippen LogP contribution in [0.2, 0.25) is 0 Å². The lowest BCUT2D eigenvalue weighted by Crippen LogP contribution is -2.29. The Hall–Kier alpha value is -2.66. The van der Waals surface area contributed by atoms with Crippen molar-refractivity contribution in [2.45, 2.75) is 25.3 Å². The summed E-state index contributed by atoms with van der Waals surface area (Å²) in [7, 11) is 1.58. The van der Waals surface area contributed by atoms with Gasteiger partial charge in [0, 0.05) is 12.5 Å². The lowest BCUT2D eigenvalue weighted by Gasteiger charge is -2.38. The van der Waals surface area contributed by atoms with Gasteiger partial charge in [-0.15, -0.1) is 0 Å². The molecule has 4 rings (SSSR count). The monoisotopic (exact) mass is 381 g/mol. The average molecular weight is 381 g/mol. The lowest BCUT2D eigenvalue weighted by molar-refractivity contribution is 0.110. The topological polar surface area (TPSA) is 60.0 Å². The van der Waals surface area contributed by atoms with Crippen LogP contribution in [0.4, 0.5) is 5.69 Å². The van der Waals surface area contributed by atoms with Crippen LogP contribution >= 0.6 is 0 Å². The third-order valence-electron chi connectivity index (χ3n) is 5.61. The quantitative estimate of drug-likeness (QED) is 0.540. The van der Waals surface area contributed by atoms with Gasteiger partial charge in [0.25, 0.3) is 0 Å². The minimum absolute atomic E-state index is 0.110. The molecule has 1 heterocycles. The van der Waals surface area contributed by atoms with Crippen LogP contribution in [0.3, 0.4) is 0 Å². The van der Waals surface area contributed by atoms with E-state index in [4.69, 9.17) is 14.2 Å². The van der Waals surface area contributed by atoms with Crippen molar-refractivity contribution < 1.29 is 19.3 Å². The molecule has 0 bridgehead atoms. The lowest BCUT2D eigenvalue weighted by atomic mass is 9.77. The molecule has 2 aromatic rings. The van der Waals surface area contributed by atoms with Gasteiger partial charge in [-0.25, -0.2) is 0 Å². The van der Waals surface area contributed by atoms with Crippen molar-refractivity contribution in [3.05, 3.63) is 59.7 Å². The van der Waals surface area contributed by atoms with Crippen LogP contribution in [0.5, 0.6) is 17.2 Å². The largest absolute Gasteiger partial charge is 0.504 e. The van der Waals surface area contributed by atoms with Crippen LogP contribution in [-0.2, 0) is 4.74 Å². The van der Waals surface area contributed by atoms with E-state index in [-0.39, 0.29) is 11.8 Å². The number of para-hydroxylation sites is 1. The molecule has 2 N–H and O–H groups in total. The highest BCUT2D eigenvalue weighted by atomic mass is 16.5. The van der Waals surface area contributed by atoms with Crippen LogP contribution in [-0.4, -0.2) is 32.0 Å². The maximum absolute atomic E-state index is 9.97. The molecule has 1 aliphatic heterocycles. The molecule has 0 saturated carbocycles. The van der Waals surface area contributed by atoms with E-state index in [1.54, 1.807) is 13.2 Å². The van der Waals surface area contributed by atoms with Gasteiger partial charge >= 0.3 is 0 Å². The zero-order valence-electron chi connectivity index (χ0n) is 16.4. The average Bonchev–Trinajstić information content (AvgIpc) is 3.21. The Kier molecular flexibility index (Phi) is 5.44. The number of hydrogen-bond donors (Lipinski definition) is 2. The van der Waals surface area contributed by atoms with Crippen LogP contribution in [0.25, 0.3) is 0 Å². The normalized spacial score (nSPS) is 22.3. The van der Waals surface area contributed by atoms with E-state index < -0.39 is 0 Å². The molecular formula is C23H27NO4. The summed E-state index contributed by atoms with van der Waals surface area (Å²) in [5.41, 5.74) is 3.42. The first-order chi connectivity index (χ1) is 13.7. The molecule has 5 heteroatoms. The highest BCUT2D eigenvalue weighted by Crippen LogP contribution is 2.52. The van der Waals surface area contributed by atoms with E-state index in [0.717, 1.165) is 23.4 Å². The second kappa shape index (κ2) is 8.15. The summed E-state index contributed by atoms with van der Waals surface area (Å²) in [6, 6.07) is 11.9. The Balaban J connectivity index is 1.67. The Morgan fingerprint density at radius 2 is 2.04 bits per heavy atom. The van der Waals surface area contributed by atoms with Crippen molar-refractivity contribution in [1.29, 1.82) is 0 Å². The van der Waals surface area contributed by atoms with Gasteiger partial charge in [0.2, 0.25) is 0 Å². The summed E-state index contributed by atoms with van der Waals surface area (Å²) in [6.07, 6.45) is 5.58. The van der Waals surface area contributed by atoms with E-state index >= 15 is 0 Å². The van der Waals surface area contributed by atoms with Crippen molar-refractivity contribution in [2.75, 3.05) is 32.2 Å². The number of fused-ring (bicyclic) bond motifs is 3. The molecular weight excluding hydrogens is 354 g/mol. The number of rotatable bonds is 7. The van der Waals surface area contributed by atoms with E-state index in [9.17, 15) is 5.11 Å². The SMILES string of the molecule is CCOCCOc1cccc2c1NC(c1ccc(O)c(OC)c1)C1CC=CC21. The summed E-state index contributed by atoms with van der Waals surface area (Å²) in [6.45, 7) is 3.77. The summed E-state index contributed by atoms with van der Waals surface area (Å²) >= 11 is 0. The molecule has 0 amide bonds. The number of phenols is 1. The van der Waals surface area contributed by atoms with Crippen molar-refractivity contribution in [3.8, 4) is 17.2 Å². The molecule has 28 heavy (non-hydrogen) atoms. The Morgan fingerprint density at radius 1 is 1.14 bits per heavy atom. The van der Waals surface area contributed by atoms with Gasteiger partial charge in [-0.3, -0.25) is 0 Å². The van der Waals surface area contributed by atoms with Gasteiger partial charge in [0.15, 0.2) is 11.5 Å². The second-order valence-electron chi connectivity index (χ2n) is 7.17. The second-order valence-corrected chi connectivity index (χ2v) is 7.17. The molecule has 3 unspecified atom stereocenters. The predicted octanol–water partition coefficient (Wildman–Crippen LogP) is 4.64. The molecule has 3 atom stereocenters. The zero-order chi connectivity index (χ0) is 19.5. The fourth-order valence-corrected chi connectivity index (χ4v) is 4.29. The van der Waals surface area contributed by atoms with Gasteiger partial charge < -0.3 is 24.6 Å². The minimum Gasteiger partial charge on any atom is -0.504 e. The molecule has 148 valence electrons. The predicted molar refractivity (Wildman–Crippen MR) is 109 cm³/mol. The molecule has 0 aromatic heterocycles.